The molecule has 0 fully saturated rings. The van der Waals surface area contributed by atoms with Crippen molar-refractivity contribution in [2.24, 2.45) is 0 Å². The minimum atomic E-state index is -0.873. The van der Waals surface area contributed by atoms with Gasteiger partial charge in [0.05, 0.1) is 12.7 Å². The molecule has 0 bridgehead atoms. The molecule has 5 heteroatoms. The summed E-state index contributed by atoms with van der Waals surface area (Å²) in [5.74, 6) is 0.739. The third-order valence-corrected chi connectivity index (χ3v) is 3.02. The fourth-order valence-corrected chi connectivity index (χ4v) is 1.48. The Morgan fingerprint density at radius 2 is 2.05 bits per heavy atom. The molecule has 0 aromatic heterocycles. The molecular formula is C14H22N2O3. The molecule has 1 rings (SSSR count). The minimum absolute atomic E-state index is 0.223. The second-order valence-electron chi connectivity index (χ2n) is 4.70. The van der Waals surface area contributed by atoms with Gasteiger partial charge in [0, 0.05) is 18.7 Å². The number of carbonyl (C=O) groups excluding carboxylic acids is 1. The van der Waals surface area contributed by atoms with Crippen LogP contribution < -0.4 is 15.4 Å². The van der Waals surface area contributed by atoms with Crippen LogP contribution in [0.3, 0.4) is 0 Å². The first-order valence-corrected chi connectivity index (χ1v) is 6.34. The Balaban J connectivity index is 2.42. The zero-order valence-electron chi connectivity index (χ0n) is 11.7. The van der Waals surface area contributed by atoms with Crippen LogP contribution in [0, 0.1) is 0 Å². The van der Waals surface area contributed by atoms with Crippen molar-refractivity contribution in [2.75, 3.05) is 13.7 Å². The zero-order valence-corrected chi connectivity index (χ0v) is 11.7. The first-order valence-electron chi connectivity index (χ1n) is 6.34. The highest BCUT2D eigenvalue weighted by Crippen LogP contribution is 2.16. The van der Waals surface area contributed by atoms with Gasteiger partial charge in [-0.1, -0.05) is 25.1 Å². The molecule has 3 N–H and O–H groups in total. The summed E-state index contributed by atoms with van der Waals surface area (Å²) in [6.07, 6.45) is 0.583. The van der Waals surface area contributed by atoms with E-state index in [9.17, 15) is 9.90 Å². The van der Waals surface area contributed by atoms with E-state index in [1.54, 1.807) is 14.0 Å². The van der Waals surface area contributed by atoms with Gasteiger partial charge in [-0.3, -0.25) is 0 Å². The van der Waals surface area contributed by atoms with Gasteiger partial charge in [0.1, 0.15) is 5.75 Å². The molecule has 1 atom stereocenters. The third kappa shape index (κ3) is 5.18. The van der Waals surface area contributed by atoms with Crippen LogP contribution >= 0.6 is 0 Å². The molecule has 0 saturated carbocycles. The van der Waals surface area contributed by atoms with E-state index >= 15 is 0 Å². The first kappa shape index (κ1) is 15.3. The number of nitrogens with one attached hydrogen (secondary N) is 2. The van der Waals surface area contributed by atoms with Crippen molar-refractivity contribution in [3.8, 4) is 5.75 Å². The lowest BCUT2D eigenvalue weighted by Gasteiger charge is -2.21. The Hall–Kier alpha value is -1.75. The second kappa shape index (κ2) is 6.99. The average Bonchev–Trinajstić information content (AvgIpc) is 2.43. The second-order valence-corrected chi connectivity index (χ2v) is 4.70. The third-order valence-electron chi connectivity index (χ3n) is 3.02. The molecule has 1 aromatic carbocycles. The van der Waals surface area contributed by atoms with Crippen LogP contribution in [0.1, 0.15) is 25.8 Å². The van der Waals surface area contributed by atoms with Crippen LogP contribution in [0.4, 0.5) is 4.79 Å². The Morgan fingerprint density at radius 3 is 2.68 bits per heavy atom. The molecular weight excluding hydrogens is 244 g/mol. The van der Waals surface area contributed by atoms with Crippen molar-refractivity contribution in [1.29, 1.82) is 0 Å². The lowest BCUT2D eigenvalue weighted by Crippen LogP contribution is -2.44. The number of aliphatic hydroxyl groups is 1. The number of rotatable bonds is 6. The molecule has 1 aromatic rings. The van der Waals surface area contributed by atoms with Crippen LogP contribution in [-0.4, -0.2) is 30.4 Å². The van der Waals surface area contributed by atoms with Gasteiger partial charge in [-0.05, 0) is 19.4 Å². The predicted octanol–water partition coefficient (Wildman–Crippen LogP) is 1.66. The summed E-state index contributed by atoms with van der Waals surface area (Å²) >= 11 is 0. The summed E-state index contributed by atoms with van der Waals surface area (Å²) in [6, 6.07) is 7.19. The largest absolute Gasteiger partial charge is 0.496 e. The quantitative estimate of drug-likeness (QED) is 0.733. The summed E-state index contributed by atoms with van der Waals surface area (Å²) in [5.41, 5.74) is 0.0318. The number of hydrogen-bond acceptors (Lipinski definition) is 3. The fourth-order valence-electron chi connectivity index (χ4n) is 1.48. The van der Waals surface area contributed by atoms with Crippen LogP contribution in [0.2, 0.25) is 0 Å². The van der Waals surface area contributed by atoms with E-state index in [0.29, 0.717) is 13.0 Å². The van der Waals surface area contributed by atoms with Crippen LogP contribution in [0.15, 0.2) is 24.3 Å². The number of hydrogen-bond donors (Lipinski definition) is 3. The maximum absolute atomic E-state index is 11.6. The van der Waals surface area contributed by atoms with Gasteiger partial charge in [0.15, 0.2) is 0 Å². The van der Waals surface area contributed by atoms with Crippen molar-refractivity contribution >= 4 is 6.03 Å². The van der Waals surface area contributed by atoms with Crippen LogP contribution in [0.5, 0.6) is 5.75 Å². The Kier molecular flexibility index (Phi) is 5.63. The smallest absolute Gasteiger partial charge is 0.315 e. The van der Waals surface area contributed by atoms with Crippen molar-refractivity contribution in [2.45, 2.75) is 32.4 Å². The first-order chi connectivity index (χ1) is 8.98. The van der Waals surface area contributed by atoms with E-state index in [1.807, 2.05) is 31.2 Å². The summed E-state index contributed by atoms with van der Waals surface area (Å²) in [4.78, 5) is 11.6. The van der Waals surface area contributed by atoms with Gasteiger partial charge in [-0.25, -0.2) is 4.79 Å². The Morgan fingerprint density at radius 1 is 1.37 bits per heavy atom. The number of urea groups is 1. The summed E-state index contributed by atoms with van der Waals surface area (Å²) in [7, 11) is 1.59. The molecule has 2 amide bonds. The number of carbonyl (C=O) groups is 1. The van der Waals surface area contributed by atoms with Gasteiger partial charge in [0.25, 0.3) is 0 Å². The SMILES string of the molecule is CCC(C)(O)CNC(=O)NCc1ccccc1OC. The summed E-state index contributed by atoms with van der Waals surface area (Å²) < 4.78 is 5.20. The number of benzene rings is 1. The fraction of sp³-hybridized carbons (Fsp3) is 0.500. The maximum atomic E-state index is 11.6. The topological polar surface area (TPSA) is 70.6 Å². The van der Waals surface area contributed by atoms with Crippen LogP contribution in [-0.2, 0) is 6.54 Å². The highest BCUT2D eigenvalue weighted by Gasteiger charge is 2.18. The number of para-hydroxylation sites is 1. The molecule has 5 nitrogen and oxygen atoms in total. The van der Waals surface area contributed by atoms with E-state index in [0.717, 1.165) is 11.3 Å². The van der Waals surface area contributed by atoms with Crippen molar-refractivity contribution in [1.82, 2.24) is 10.6 Å². The van der Waals surface area contributed by atoms with Crippen molar-refractivity contribution in [3.63, 3.8) is 0 Å². The van der Waals surface area contributed by atoms with E-state index in [4.69, 9.17) is 4.74 Å². The molecule has 0 radical (unpaired) electrons. The average molecular weight is 266 g/mol. The zero-order chi connectivity index (χ0) is 14.3. The number of amides is 2. The predicted molar refractivity (Wildman–Crippen MR) is 74.1 cm³/mol. The lowest BCUT2D eigenvalue weighted by atomic mass is 10.0. The van der Waals surface area contributed by atoms with Gasteiger partial charge in [-0.15, -0.1) is 0 Å². The molecule has 106 valence electrons. The molecule has 0 aliphatic carbocycles. The van der Waals surface area contributed by atoms with Gasteiger partial charge < -0.3 is 20.5 Å². The molecule has 0 spiro atoms. The highest BCUT2D eigenvalue weighted by atomic mass is 16.5. The monoisotopic (exact) mass is 266 g/mol. The van der Waals surface area contributed by atoms with E-state index in [-0.39, 0.29) is 12.6 Å². The molecule has 0 aliphatic rings. The molecule has 19 heavy (non-hydrogen) atoms. The highest BCUT2D eigenvalue weighted by molar-refractivity contribution is 5.74. The van der Waals surface area contributed by atoms with Crippen molar-refractivity contribution in [3.05, 3.63) is 29.8 Å². The Labute approximate surface area is 114 Å². The molecule has 0 aliphatic heterocycles. The molecule has 0 heterocycles. The Bertz CT molecular complexity index is 419. The minimum Gasteiger partial charge on any atom is -0.496 e. The van der Waals surface area contributed by atoms with E-state index in [2.05, 4.69) is 10.6 Å². The van der Waals surface area contributed by atoms with Crippen LogP contribution in [0.25, 0.3) is 0 Å². The van der Waals surface area contributed by atoms with E-state index in [1.165, 1.54) is 0 Å². The summed E-state index contributed by atoms with van der Waals surface area (Å²) in [5, 5.41) is 15.1. The number of ether oxygens (including phenoxy) is 1. The van der Waals surface area contributed by atoms with Gasteiger partial charge in [0.2, 0.25) is 0 Å². The standard InChI is InChI=1S/C14H22N2O3/c1-4-14(2,18)10-16-13(17)15-9-11-7-5-6-8-12(11)19-3/h5-8,18H,4,9-10H2,1-3H3,(H2,15,16,17). The van der Waals surface area contributed by atoms with Gasteiger partial charge >= 0.3 is 6.03 Å². The van der Waals surface area contributed by atoms with Crippen molar-refractivity contribution < 1.29 is 14.6 Å². The van der Waals surface area contributed by atoms with Gasteiger partial charge in [-0.2, -0.15) is 0 Å². The summed E-state index contributed by atoms with van der Waals surface area (Å²) in [6.45, 7) is 4.16. The maximum Gasteiger partial charge on any atom is 0.315 e. The number of methoxy groups -OCH3 is 1. The normalized spacial score (nSPS) is 13.5. The van der Waals surface area contributed by atoms with E-state index < -0.39 is 5.60 Å². The lowest BCUT2D eigenvalue weighted by molar-refractivity contribution is 0.0581. The molecule has 1 unspecified atom stereocenters. The molecule has 0 saturated heterocycles.